The summed E-state index contributed by atoms with van der Waals surface area (Å²) in [6.07, 6.45) is -1.03. The first-order chi connectivity index (χ1) is 8.65. The van der Waals surface area contributed by atoms with Crippen molar-refractivity contribution < 1.29 is 14.2 Å². The highest BCUT2D eigenvalue weighted by Gasteiger charge is 2.21. The first-order valence-electron chi connectivity index (χ1n) is 5.40. The van der Waals surface area contributed by atoms with Crippen LogP contribution in [0.3, 0.4) is 0 Å². The average molecular weight is 311 g/mol. The first kappa shape index (κ1) is 13.1. The second-order valence-corrected chi connectivity index (χ2v) is 4.64. The Kier molecular flexibility index (Phi) is 3.99. The zero-order chi connectivity index (χ0) is 13.1. The molecule has 2 nitrogen and oxygen atoms in total. The van der Waals surface area contributed by atoms with Gasteiger partial charge >= 0.3 is 0 Å². The minimum absolute atomic E-state index is 0.114. The number of aliphatic hydroxyl groups is 1. The number of methoxy groups -OCH3 is 1. The highest BCUT2D eigenvalue weighted by atomic mass is 79.9. The van der Waals surface area contributed by atoms with Gasteiger partial charge in [-0.25, -0.2) is 4.39 Å². The third-order valence-electron chi connectivity index (χ3n) is 2.70. The molecule has 0 saturated carbocycles. The fourth-order valence-electron chi connectivity index (χ4n) is 1.76. The van der Waals surface area contributed by atoms with Crippen LogP contribution >= 0.6 is 15.9 Å². The van der Waals surface area contributed by atoms with E-state index in [2.05, 4.69) is 15.9 Å². The van der Waals surface area contributed by atoms with Gasteiger partial charge in [-0.3, -0.25) is 0 Å². The van der Waals surface area contributed by atoms with E-state index in [1.165, 1.54) is 13.2 Å². The second-order valence-electron chi connectivity index (χ2n) is 3.79. The maximum atomic E-state index is 14.2. The molecule has 2 aromatic carbocycles. The Hall–Kier alpha value is -1.39. The van der Waals surface area contributed by atoms with E-state index in [0.717, 1.165) is 0 Å². The van der Waals surface area contributed by atoms with Gasteiger partial charge in [0.25, 0.3) is 0 Å². The molecule has 0 fully saturated rings. The van der Waals surface area contributed by atoms with Gasteiger partial charge in [-0.2, -0.15) is 0 Å². The number of rotatable bonds is 3. The fourth-order valence-corrected chi connectivity index (χ4v) is 2.28. The summed E-state index contributed by atoms with van der Waals surface area (Å²) in [6, 6.07) is 12.1. The molecule has 94 valence electrons. The number of benzene rings is 2. The van der Waals surface area contributed by atoms with Crippen LogP contribution in [0.2, 0.25) is 0 Å². The largest absolute Gasteiger partial charge is 0.494 e. The molecule has 1 atom stereocenters. The van der Waals surface area contributed by atoms with Crippen molar-refractivity contribution in [3.8, 4) is 5.75 Å². The van der Waals surface area contributed by atoms with Crippen LogP contribution in [-0.4, -0.2) is 12.2 Å². The molecule has 2 rings (SSSR count). The highest BCUT2D eigenvalue weighted by Crippen LogP contribution is 2.34. The molecule has 0 spiro atoms. The van der Waals surface area contributed by atoms with Crippen LogP contribution in [0.1, 0.15) is 17.2 Å². The lowest BCUT2D eigenvalue weighted by Crippen LogP contribution is -2.05. The minimum atomic E-state index is -1.03. The second kappa shape index (κ2) is 5.50. The van der Waals surface area contributed by atoms with E-state index in [1.807, 2.05) is 6.07 Å². The predicted molar refractivity (Wildman–Crippen MR) is 71.2 cm³/mol. The van der Waals surface area contributed by atoms with Crippen molar-refractivity contribution >= 4 is 15.9 Å². The third-order valence-corrected chi connectivity index (χ3v) is 3.39. The predicted octanol–water partition coefficient (Wildman–Crippen LogP) is 3.68. The van der Waals surface area contributed by atoms with Gasteiger partial charge in [0.1, 0.15) is 6.10 Å². The Labute approximate surface area is 113 Å². The number of aliphatic hydroxyl groups excluding tert-OH is 1. The van der Waals surface area contributed by atoms with Gasteiger partial charge in [-0.15, -0.1) is 0 Å². The summed E-state index contributed by atoms with van der Waals surface area (Å²) in [5.41, 5.74) is 0.811. The van der Waals surface area contributed by atoms with E-state index in [1.54, 1.807) is 30.3 Å². The lowest BCUT2D eigenvalue weighted by atomic mass is 10.0. The molecule has 0 saturated heterocycles. The van der Waals surface area contributed by atoms with Crippen LogP contribution < -0.4 is 4.74 Å². The van der Waals surface area contributed by atoms with Crippen molar-refractivity contribution in [1.29, 1.82) is 0 Å². The Balaban J connectivity index is 2.51. The third kappa shape index (κ3) is 2.40. The molecule has 1 unspecified atom stereocenters. The summed E-state index contributed by atoms with van der Waals surface area (Å²) in [5.74, 6) is -0.439. The Morgan fingerprint density at radius 2 is 1.83 bits per heavy atom. The molecular formula is C14H12BrFO2. The Bertz CT molecular complexity index is 543. The lowest BCUT2D eigenvalue weighted by molar-refractivity contribution is 0.212. The first-order valence-corrected chi connectivity index (χ1v) is 6.19. The van der Waals surface area contributed by atoms with Crippen LogP contribution in [0.5, 0.6) is 5.75 Å². The summed E-state index contributed by atoms with van der Waals surface area (Å²) in [4.78, 5) is 0. The van der Waals surface area contributed by atoms with Gasteiger partial charge in [-0.1, -0.05) is 46.3 Å². The summed E-state index contributed by atoms with van der Waals surface area (Å²) < 4.78 is 19.6. The topological polar surface area (TPSA) is 29.5 Å². The molecule has 0 radical (unpaired) electrons. The monoisotopic (exact) mass is 310 g/mol. The van der Waals surface area contributed by atoms with Crippen molar-refractivity contribution in [3.05, 3.63) is 63.9 Å². The average Bonchev–Trinajstić information content (AvgIpc) is 2.40. The molecule has 1 N–H and O–H groups in total. The smallest absolute Gasteiger partial charge is 0.172 e. The fraction of sp³-hybridized carbons (Fsp3) is 0.143. The Morgan fingerprint density at radius 1 is 1.17 bits per heavy atom. The van der Waals surface area contributed by atoms with Gasteiger partial charge in [0.05, 0.1) is 7.11 Å². The maximum Gasteiger partial charge on any atom is 0.172 e. The molecule has 0 aliphatic carbocycles. The van der Waals surface area contributed by atoms with Crippen molar-refractivity contribution in [3.63, 3.8) is 0 Å². The number of halogens is 2. The molecule has 0 heterocycles. The molecule has 0 bridgehead atoms. The van der Waals surface area contributed by atoms with Crippen LogP contribution in [0.4, 0.5) is 4.39 Å². The Morgan fingerprint density at radius 3 is 2.44 bits per heavy atom. The zero-order valence-electron chi connectivity index (χ0n) is 9.73. The number of hydrogen-bond donors (Lipinski definition) is 1. The van der Waals surface area contributed by atoms with Crippen LogP contribution in [0.15, 0.2) is 46.9 Å². The quantitative estimate of drug-likeness (QED) is 0.937. The van der Waals surface area contributed by atoms with Crippen molar-refractivity contribution in [2.24, 2.45) is 0 Å². The molecule has 0 aromatic heterocycles. The van der Waals surface area contributed by atoms with Crippen molar-refractivity contribution in [2.45, 2.75) is 6.10 Å². The summed E-state index contributed by atoms with van der Waals surface area (Å²) in [6.45, 7) is 0. The molecule has 0 aliphatic heterocycles. The van der Waals surface area contributed by atoms with Crippen molar-refractivity contribution in [2.75, 3.05) is 7.11 Å². The molecule has 0 amide bonds. The van der Waals surface area contributed by atoms with E-state index < -0.39 is 11.9 Å². The summed E-state index contributed by atoms with van der Waals surface area (Å²) in [5, 5.41) is 10.2. The van der Waals surface area contributed by atoms with E-state index in [0.29, 0.717) is 10.0 Å². The van der Waals surface area contributed by atoms with Crippen LogP contribution in [0, 0.1) is 5.82 Å². The minimum Gasteiger partial charge on any atom is -0.494 e. The van der Waals surface area contributed by atoms with E-state index >= 15 is 0 Å². The molecule has 2 aromatic rings. The van der Waals surface area contributed by atoms with Gasteiger partial charge < -0.3 is 9.84 Å². The SMILES string of the molecule is COc1ccc(Br)c(C(O)c2ccccc2)c1F. The van der Waals surface area contributed by atoms with Crippen molar-refractivity contribution in [1.82, 2.24) is 0 Å². The molecule has 0 aliphatic rings. The van der Waals surface area contributed by atoms with Gasteiger partial charge in [0.15, 0.2) is 11.6 Å². The van der Waals surface area contributed by atoms with E-state index in [4.69, 9.17) is 4.74 Å². The van der Waals surface area contributed by atoms with Gasteiger partial charge in [0, 0.05) is 10.0 Å². The van der Waals surface area contributed by atoms with E-state index in [-0.39, 0.29) is 11.3 Å². The standard InChI is InChI=1S/C14H12BrFO2/c1-18-11-8-7-10(15)12(13(11)16)14(17)9-5-3-2-4-6-9/h2-8,14,17H,1H3. The van der Waals surface area contributed by atoms with E-state index in [9.17, 15) is 9.50 Å². The summed E-state index contributed by atoms with van der Waals surface area (Å²) in [7, 11) is 1.39. The number of hydrogen-bond acceptors (Lipinski definition) is 2. The zero-order valence-corrected chi connectivity index (χ0v) is 11.3. The normalized spacial score (nSPS) is 12.2. The van der Waals surface area contributed by atoms with Crippen LogP contribution in [-0.2, 0) is 0 Å². The lowest BCUT2D eigenvalue weighted by Gasteiger charge is -2.16. The van der Waals surface area contributed by atoms with Crippen LogP contribution in [0.25, 0.3) is 0 Å². The van der Waals surface area contributed by atoms with Gasteiger partial charge in [0.2, 0.25) is 0 Å². The molecule has 4 heteroatoms. The summed E-state index contributed by atoms with van der Waals surface area (Å²) >= 11 is 3.25. The highest BCUT2D eigenvalue weighted by molar-refractivity contribution is 9.10. The molecule has 18 heavy (non-hydrogen) atoms. The molecular weight excluding hydrogens is 299 g/mol. The maximum absolute atomic E-state index is 14.2. The van der Waals surface area contributed by atoms with Gasteiger partial charge in [-0.05, 0) is 17.7 Å². The number of ether oxygens (including phenoxy) is 1.